The Morgan fingerprint density at radius 2 is 2.21 bits per heavy atom. The van der Waals surface area contributed by atoms with Crippen LogP contribution in [0.15, 0.2) is 34.2 Å². The first-order chi connectivity index (χ1) is 11.4. The number of H-pyrrole nitrogens is 2. The Balaban J connectivity index is 1.89. The van der Waals surface area contributed by atoms with Crippen LogP contribution in [0.25, 0.3) is 16.9 Å². The molecule has 8 nitrogen and oxygen atoms in total. The van der Waals surface area contributed by atoms with Gasteiger partial charge in [0.15, 0.2) is 5.65 Å². The maximum absolute atomic E-state index is 14.2. The summed E-state index contributed by atoms with van der Waals surface area (Å²) in [4.78, 5) is 34.0. The number of rotatable bonds is 2. The van der Waals surface area contributed by atoms with Crippen LogP contribution in [0, 0.1) is 0 Å². The molecule has 2 N–H and O–H groups in total. The van der Waals surface area contributed by atoms with Gasteiger partial charge < -0.3 is 9.88 Å². The number of imidazole rings is 1. The van der Waals surface area contributed by atoms with Crippen LogP contribution in [0.2, 0.25) is 0 Å². The number of alkyl halides is 1. The van der Waals surface area contributed by atoms with Gasteiger partial charge in [-0.25, -0.2) is 18.7 Å². The highest BCUT2D eigenvalue weighted by Crippen LogP contribution is 2.32. The molecule has 24 heavy (non-hydrogen) atoms. The van der Waals surface area contributed by atoms with E-state index in [0.29, 0.717) is 30.0 Å². The normalized spacial score (nSPS) is 20.8. The second-order valence-electron chi connectivity index (χ2n) is 6.18. The molecule has 0 saturated carbocycles. The number of hydrogen-bond donors (Lipinski definition) is 2. The van der Waals surface area contributed by atoms with E-state index in [4.69, 9.17) is 0 Å². The molecule has 4 heterocycles. The van der Waals surface area contributed by atoms with E-state index in [0.717, 1.165) is 0 Å². The van der Waals surface area contributed by atoms with E-state index < -0.39 is 16.9 Å². The van der Waals surface area contributed by atoms with E-state index >= 15 is 0 Å². The summed E-state index contributed by atoms with van der Waals surface area (Å²) < 4.78 is 15.8. The first-order valence-electron chi connectivity index (χ1n) is 7.54. The molecule has 1 aliphatic heterocycles. The number of aromatic nitrogens is 5. The van der Waals surface area contributed by atoms with E-state index in [1.165, 1.54) is 6.20 Å². The number of anilines is 1. The topological polar surface area (TPSA) is 99.2 Å². The summed E-state index contributed by atoms with van der Waals surface area (Å²) in [7, 11) is 0. The third-order valence-corrected chi connectivity index (χ3v) is 4.20. The summed E-state index contributed by atoms with van der Waals surface area (Å²) in [6.45, 7) is 2.38. The third-order valence-electron chi connectivity index (χ3n) is 4.20. The predicted octanol–water partition coefficient (Wildman–Crippen LogP) is 0.711. The lowest BCUT2D eigenvalue weighted by atomic mass is 10.1. The van der Waals surface area contributed by atoms with Gasteiger partial charge in [-0.15, -0.1) is 0 Å². The summed E-state index contributed by atoms with van der Waals surface area (Å²) in [5.74, 6) is 0. The number of nitrogens with zero attached hydrogens (tertiary/aromatic N) is 4. The van der Waals surface area contributed by atoms with Crippen LogP contribution in [0.3, 0.4) is 0 Å². The van der Waals surface area contributed by atoms with E-state index in [-0.39, 0.29) is 12.1 Å². The number of aromatic amines is 2. The van der Waals surface area contributed by atoms with E-state index in [1.807, 2.05) is 4.90 Å². The highest BCUT2D eigenvalue weighted by atomic mass is 19.1. The number of nitrogens with one attached hydrogen (secondary N) is 2. The molecular formula is C15H15FN6O2. The van der Waals surface area contributed by atoms with E-state index in [9.17, 15) is 14.0 Å². The minimum atomic E-state index is -1.26. The molecule has 0 aromatic carbocycles. The van der Waals surface area contributed by atoms with Crippen molar-refractivity contribution in [2.45, 2.75) is 19.0 Å². The van der Waals surface area contributed by atoms with Gasteiger partial charge in [-0.3, -0.25) is 9.78 Å². The Kier molecular flexibility index (Phi) is 3.05. The molecule has 0 aliphatic carbocycles. The average Bonchev–Trinajstić information content (AvgIpc) is 3.12. The first-order valence-corrected chi connectivity index (χ1v) is 7.54. The summed E-state index contributed by atoms with van der Waals surface area (Å²) in [5.41, 5.74) is -0.472. The maximum Gasteiger partial charge on any atom is 0.325 e. The molecule has 1 unspecified atom stereocenters. The fraction of sp³-hybridized carbons (Fsp3) is 0.333. The zero-order chi connectivity index (χ0) is 16.9. The third kappa shape index (κ3) is 2.38. The van der Waals surface area contributed by atoms with E-state index in [1.54, 1.807) is 29.9 Å². The van der Waals surface area contributed by atoms with Crippen LogP contribution in [0.1, 0.15) is 13.3 Å². The summed E-state index contributed by atoms with van der Waals surface area (Å²) in [6, 6.07) is 1.70. The smallest absolute Gasteiger partial charge is 0.325 e. The fourth-order valence-electron chi connectivity index (χ4n) is 2.99. The van der Waals surface area contributed by atoms with Crippen LogP contribution >= 0.6 is 0 Å². The first kappa shape index (κ1) is 14.6. The van der Waals surface area contributed by atoms with Gasteiger partial charge in [-0.2, -0.15) is 5.10 Å². The van der Waals surface area contributed by atoms with Crippen LogP contribution in [0.4, 0.5) is 10.1 Å². The molecule has 4 rings (SSSR count). The molecule has 3 aromatic heterocycles. The molecule has 1 aliphatic rings. The Labute approximate surface area is 135 Å². The van der Waals surface area contributed by atoms with Gasteiger partial charge in [0.2, 0.25) is 0 Å². The van der Waals surface area contributed by atoms with Crippen molar-refractivity contribution in [1.29, 1.82) is 0 Å². The van der Waals surface area contributed by atoms with Crippen molar-refractivity contribution in [2.24, 2.45) is 0 Å². The van der Waals surface area contributed by atoms with Crippen molar-refractivity contribution in [3.63, 3.8) is 0 Å². The van der Waals surface area contributed by atoms with Crippen molar-refractivity contribution < 1.29 is 4.39 Å². The molecule has 0 bridgehead atoms. The quantitative estimate of drug-likeness (QED) is 0.721. The van der Waals surface area contributed by atoms with Gasteiger partial charge in [-0.1, -0.05) is 0 Å². The Hall–Kier alpha value is -2.97. The van der Waals surface area contributed by atoms with Gasteiger partial charge in [0, 0.05) is 31.6 Å². The minimum absolute atomic E-state index is 0.230. The number of fused-ring (bicyclic) bond motifs is 1. The number of hydrogen-bond acceptors (Lipinski definition) is 5. The zero-order valence-electron chi connectivity index (χ0n) is 12.9. The van der Waals surface area contributed by atoms with Crippen molar-refractivity contribution in [3.8, 4) is 11.3 Å². The van der Waals surface area contributed by atoms with Gasteiger partial charge >= 0.3 is 5.69 Å². The molecule has 0 spiro atoms. The van der Waals surface area contributed by atoms with Crippen LogP contribution in [-0.4, -0.2) is 43.3 Å². The summed E-state index contributed by atoms with van der Waals surface area (Å²) >= 11 is 0. The molecule has 9 heteroatoms. The standard InChI is InChI=1S/C15H15FN6O2/c1-15(16)2-4-21(8-15)11-6-10(20-22-5-3-17-12(11)22)9-7-18-14(24)19-13(9)23/h3,5-7H,2,4,8H2,1H3,(H2,18,19,23,24). The second-order valence-corrected chi connectivity index (χ2v) is 6.18. The van der Waals surface area contributed by atoms with Crippen LogP contribution < -0.4 is 16.1 Å². The Bertz CT molecular complexity index is 1030. The molecule has 1 atom stereocenters. The lowest BCUT2D eigenvalue weighted by Crippen LogP contribution is -2.27. The van der Waals surface area contributed by atoms with E-state index in [2.05, 4.69) is 20.1 Å². The Morgan fingerprint density at radius 3 is 2.92 bits per heavy atom. The zero-order valence-corrected chi connectivity index (χ0v) is 12.9. The van der Waals surface area contributed by atoms with Crippen molar-refractivity contribution >= 4 is 11.3 Å². The average molecular weight is 330 g/mol. The minimum Gasteiger partial charge on any atom is -0.365 e. The van der Waals surface area contributed by atoms with Gasteiger partial charge in [0.25, 0.3) is 5.56 Å². The highest BCUT2D eigenvalue weighted by molar-refractivity contribution is 5.74. The lowest BCUT2D eigenvalue weighted by molar-refractivity contribution is 0.221. The molecule has 3 aromatic rings. The highest BCUT2D eigenvalue weighted by Gasteiger charge is 2.34. The van der Waals surface area contributed by atoms with Gasteiger partial charge in [-0.05, 0) is 13.0 Å². The van der Waals surface area contributed by atoms with Crippen LogP contribution in [0.5, 0.6) is 0 Å². The molecular weight excluding hydrogens is 315 g/mol. The van der Waals surface area contributed by atoms with Gasteiger partial charge in [0.1, 0.15) is 11.4 Å². The predicted molar refractivity (Wildman–Crippen MR) is 86.0 cm³/mol. The van der Waals surface area contributed by atoms with Gasteiger partial charge in [0.05, 0.1) is 17.8 Å². The SMILES string of the molecule is CC1(F)CCN(c2cc(-c3c[nH]c(=O)[nH]c3=O)nn3ccnc23)C1. The maximum atomic E-state index is 14.2. The van der Waals surface area contributed by atoms with Crippen molar-refractivity contribution in [1.82, 2.24) is 24.6 Å². The molecule has 0 radical (unpaired) electrons. The lowest BCUT2D eigenvalue weighted by Gasteiger charge is -2.20. The van der Waals surface area contributed by atoms with Crippen molar-refractivity contribution in [3.05, 3.63) is 45.5 Å². The molecule has 0 amide bonds. The summed E-state index contributed by atoms with van der Waals surface area (Å²) in [5, 5.41) is 4.36. The molecule has 124 valence electrons. The van der Waals surface area contributed by atoms with Crippen molar-refractivity contribution in [2.75, 3.05) is 18.0 Å². The number of halogens is 1. The summed E-state index contributed by atoms with van der Waals surface area (Å²) in [6.07, 6.45) is 5.00. The van der Waals surface area contributed by atoms with Crippen LogP contribution in [-0.2, 0) is 0 Å². The Morgan fingerprint density at radius 1 is 1.38 bits per heavy atom. The molecule has 1 fully saturated rings. The monoisotopic (exact) mass is 330 g/mol. The largest absolute Gasteiger partial charge is 0.365 e. The second kappa shape index (κ2) is 5.02. The molecule has 1 saturated heterocycles. The fourth-order valence-corrected chi connectivity index (χ4v) is 2.99.